The number of nitrogens with zero attached hydrogens (tertiary/aromatic N) is 2. The average molecular weight is 496 g/mol. The van der Waals surface area contributed by atoms with E-state index < -0.39 is 21.6 Å². The van der Waals surface area contributed by atoms with Gasteiger partial charge in [0.05, 0.1) is 42.2 Å². The van der Waals surface area contributed by atoms with Crippen molar-refractivity contribution >= 4 is 20.9 Å². The predicted molar refractivity (Wildman–Crippen MR) is 137 cm³/mol. The maximum absolute atomic E-state index is 13.2. The van der Waals surface area contributed by atoms with Crippen LogP contribution in [0.2, 0.25) is 0 Å². The Bertz CT molecular complexity index is 1550. The third-order valence-corrected chi connectivity index (χ3v) is 6.80. The van der Waals surface area contributed by atoms with Gasteiger partial charge in [0.25, 0.3) is 5.88 Å². The first-order chi connectivity index (χ1) is 16.6. The molecule has 184 valence electrons. The van der Waals surface area contributed by atoms with Crippen molar-refractivity contribution in [1.29, 1.82) is 0 Å². The van der Waals surface area contributed by atoms with Gasteiger partial charge in [0, 0.05) is 6.26 Å². The molecule has 0 spiro atoms. The topological polar surface area (TPSA) is 103 Å². The Morgan fingerprint density at radius 3 is 2.54 bits per heavy atom. The van der Waals surface area contributed by atoms with Crippen molar-refractivity contribution in [2.24, 2.45) is 0 Å². The van der Waals surface area contributed by atoms with E-state index in [9.17, 15) is 13.2 Å². The molecule has 9 heteroatoms. The lowest BCUT2D eigenvalue weighted by Crippen LogP contribution is -2.29. The number of aromatic amines is 1. The number of ether oxygens (including phenoxy) is 2. The standard InChI is InChI=1S/C26H29N3O5S/c1-6-34-25-24(33-4)12-10-20(27-25)23(15-35(5,31)32)29-22-11-9-18(14-21(22)28-26(29)30)19-13-16(2)7-8-17(19)3/h7-14,23H,6,15H2,1-5H3,(H,28,30). The van der Waals surface area contributed by atoms with Crippen LogP contribution >= 0.6 is 0 Å². The number of nitrogens with one attached hydrogen (secondary N) is 1. The average Bonchev–Trinajstić information content (AvgIpc) is 3.13. The van der Waals surface area contributed by atoms with E-state index in [0.29, 0.717) is 29.1 Å². The maximum atomic E-state index is 13.2. The van der Waals surface area contributed by atoms with Crippen molar-refractivity contribution < 1.29 is 17.9 Å². The van der Waals surface area contributed by atoms with Crippen LogP contribution in [0.1, 0.15) is 29.8 Å². The largest absolute Gasteiger partial charge is 0.491 e. The second-order valence-corrected chi connectivity index (χ2v) is 10.8. The van der Waals surface area contributed by atoms with Crippen LogP contribution < -0.4 is 15.2 Å². The molecule has 2 heterocycles. The van der Waals surface area contributed by atoms with Crippen LogP contribution in [-0.4, -0.2) is 48.7 Å². The highest BCUT2D eigenvalue weighted by Crippen LogP contribution is 2.31. The van der Waals surface area contributed by atoms with E-state index in [1.807, 2.05) is 39.0 Å². The van der Waals surface area contributed by atoms with Crippen LogP contribution in [0.3, 0.4) is 0 Å². The fraction of sp³-hybridized carbons (Fsp3) is 0.308. The van der Waals surface area contributed by atoms with E-state index >= 15 is 0 Å². The zero-order chi connectivity index (χ0) is 25.3. The molecule has 0 aliphatic carbocycles. The quantitative estimate of drug-likeness (QED) is 0.396. The molecule has 0 aliphatic heterocycles. The molecule has 35 heavy (non-hydrogen) atoms. The molecule has 2 aromatic heterocycles. The second-order valence-electron chi connectivity index (χ2n) is 8.64. The first-order valence-corrected chi connectivity index (χ1v) is 13.3. The summed E-state index contributed by atoms with van der Waals surface area (Å²) in [6, 6.07) is 14.4. The Morgan fingerprint density at radius 2 is 1.86 bits per heavy atom. The molecule has 0 saturated carbocycles. The van der Waals surface area contributed by atoms with Crippen LogP contribution in [0.15, 0.2) is 53.3 Å². The Kier molecular flexibility index (Phi) is 6.71. The van der Waals surface area contributed by atoms with Crippen molar-refractivity contribution in [3.63, 3.8) is 0 Å². The van der Waals surface area contributed by atoms with Gasteiger partial charge in [0.2, 0.25) is 0 Å². The minimum atomic E-state index is -3.47. The van der Waals surface area contributed by atoms with Gasteiger partial charge < -0.3 is 14.5 Å². The van der Waals surface area contributed by atoms with Crippen molar-refractivity contribution in [3.05, 3.63) is 75.8 Å². The number of sulfone groups is 1. The molecule has 2 aromatic carbocycles. The second kappa shape index (κ2) is 9.58. The van der Waals surface area contributed by atoms with Crippen LogP contribution in [0.25, 0.3) is 22.2 Å². The van der Waals surface area contributed by atoms with Crippen LogP contribution in [0.4, 0.5) is 0 Å². The Balaban J connectivity index is 1.89. The summed E-state index contributed by atoms with van der Waals surface area (Å²) in [6.07, 6.45) is 1.14. The third-order valence-electron chi connectivity index (χ3n) is 5.88. The number of rotatable bonds is 8. The summed E-state index contributed by atoms with van der Waals surface area (Å²) in [5.74, 6) is 0.373. The summed E-state index contributed by atoms with van der Waals surface area (Å²) >= 11 is 0. The minimum Gasteiger partial charge on any atom is -0.491 e. The Labute approximate surface area is 204 Å². The summed E-state index contributed by atoms with van der Waals surface area (Å²) in [4.78, 5) is 20.6. The smallest absolute Gasteiger partial charge is 0.327 e. The number of aryl methyl sites for hydroxylation is 2. The van der Waals surface area contributed by atoms with E-state index in [4.69, 9.17) is 9.47 Å². The molecule has 1 N–H and O–H groups in total. The van der Waals surface area contributed by atoms with Gasteiger partial charge in [-0.25, -0.2) is 18.2 Å². The maximum Gasteiger partial charge on any atom is 0.327 e. The molecule has 1 atom stereocenters. The van der Waals surface area contributed by atoms with Gasteiger partial charge in [-0.05, 0) is 61.7 Å². The fourth-order valence-corrected chi connectivity index (χ4v) is 5.15. The number of fused-ring (bicyclic) bond motifs is 1. The molecule has 4 aromatic rings. The van der Waals surface area contributed by atoms with Gasteiger partial charge in [-0.3, -0.25) is 4.57 Å². The molecule has 0 saturated heterocycles. The van der Waals surface area contributed by atoms with Gasteiger partial charge in [-0.2, -0.15) is 0 Å². The van der Waals surface area contributed by atoms with Crippen LogP contribution in [0, 0.1) is 13.8 Å². The number of pyridine rings is 1. The lowest BCUT2D eigenvalue weighted by Gasteiger charge is -2.19. The number of hydrogen-bond acceptors (Lipinski definition) is 6. The molecule has 4 rings (SSSR count). The van der Waals surface area contributed by atoms with Crippen LogP contribution in [-0.2, 0) is 9.84 Å². The molecule has 1 unspecified atom stereocenters. The number of H-pyrrole nitrogens is 1. The fourth-order valence-electron chi connectivity index (χ4n) is 4.26. The molecule has 0 fully saturated rings. The lowest BCUT2D eigenvalue weighted by molar-refractivity contribution is 0.296. The molecule has 0 bridgehead atoms. The normalized spacial score (nSPS) is 12.6. The van der Waals surface area contributed by atoms with Gasteiger partial charge in [-0.1, -0.05) is 29.8 Å². The summed E-state index contributed by atoms with van der Waals surface area (Å²) in [7, 11) is -1.97. The summed E-state index contributed by atoms with van der Waals surface area (Å²) < 4.78 is 37.1. The monoisotopic (exact) mass is 495 g/mol. The van der Waals surface area contributed by atoms with E-state index in [0.717, 1.165) is 28.5 Å². The Hall–Kier alpha value is -3.59. The van der Waals surface area contributed by atoms with Crippen molar-refractivity contribution in [2.75, 3.05) is 25.7 Å². The highest BCUT2D eigenvalue weighted by atomic mass is 32.2. The number of methoxy groups -OCH3 is 1. The predicted octanol–water partition coefficient (Wildman–Crippen LogP) is 4.05. The van der Waals surface area contributed by atoms with E-state index in [2.05, 4.69) is 28.2 Å². The van der Waals surface area contributed by atoms with Crippen molar-refractivity contribution in [1.82, 2.24) is 14.5 Å². The molecule has 8 nitrogen and oxygen atoms in total. The summed E-state index contributed by atoms with van der Waals surface area (Å²) in [6.45, 7) is 6.26. The van der Waals surface area contributed by atoms with E-state index in [1.54, 1.807) is 12.1 Å². The first-order valence-electron chi connectivity index (χ1n) is 11.3. The summed E-state index contributed by atoms with van der Waals surface area (Å²) in [5, 5.41) is 0. The lowest BCUT2D eigenvalue weighted by atomic mass is 9.98. The minimum absolute atomic E-state index is 0.246. The van der Waals surface area contributed by atoms with Gasteiger partial charge >= 0.3 is 5.69 Å². The number of imidazole rings is 1. The summed E-state index contributed by atoms with van der Waals surface area (Å²) in [5.41, 5.74) is 5.49. The molecular formula is C26H29N3O5S. The number of aromatic nitrogens is 3. The van der Waals surface area contributed by atoms with Crippen molar-refractivity contribution in [3.8, 4) is 22.8 Å². The number of hydrogen-bond donors (Lipinski definition) is 1. The first kappa shape index (κ1) is 24.5. The van der Waals surface area contributed by atoms with E-state index in [1.165, 1.54) is 11.7 Å². The molecule has 0 amide bonds. The molecular weight excluding hydrogens is 466 g/mol. The number of benzene rings is 2. The highest BCUT2D eigenvalue weighted by molar-refractivity contribution is 7.90. The Morgan fingerprint density at radius 1 is 1.09 bits per heavy atom. The van der Waals surface area contributed by atoms with E-state index in [-0.39, 0.29) is 11.6 Å². The van der Waals surface area contributed by atoms with Gasteiger partial charge in [0.15, 0.2) is 5.75 Å². The zero-order valence-corrected chi connectivity index (χ0v) is 21.3. The van der Waals surface area contributed by atoms with Gasteiger partial charge in [0.1, 0.15) is 9.84 Å². The SMILES string of the molecule is CCOc1nc(C(CS(C)(=O)=O)n2c(=O)[nH]c3cc(-c4cc(C)ccc4C)ccc32)ccc1OC. The third kappa shape index (κ3) is 5.09. The molecule has 0 radical (unpaired) electrons. The highest BCUT2D eigenvalue weighted by Gasteiger charge is 2.26. The zero-order valence-electron chi connectivity index (χ0n) is 20.5. The molecule has 0 aliphatic rings. The van der Waals surface area contributed by atoms with Crippen LogP contribution in [0.5, 0.6) is 11.6 Å². The van der Waals surface area contributed by atoms with Gasteiger partial charge in [-0.15, -0.1) is 0 Å². The van der Waals surface area contributed by atoms with Crippen molar-refractivity contribution in [2.45, 2.75) is 26.8 Å².